The number of hydrogen-bond acceptors (Lipinski definition) is 5. The molecular weight excluding hydrogens is 401 g/mol. The molecule has 5 rings (SSSR count). The van der Waals surface area contributed by atoms with Crippen LogP contribution in [0.15, 0.2) is 78.9 Å². The highest BCUT2D eigenvalue weighted by Crippen LogP contribution is 2.28. The van der Waals surface area contributed by atoms with Crippen molar-refractivity contribution in [3.05, 3.63) is 90.2 Å². The van der Waals surface area contributed by atoms with Gasteiger partial charge in [-0.3, -0.25) is 0 Å². The topological polar surface area (TPSA) is 44.3 Å². The Morgan fingerprint density at radius 2 is 1.44 bits per heavy atom. The maximum Gasteiger partial charge on any atom is 0.228 e. The molecule has 0 bridgehead atoms. The molecule has 1 N–H and O–H groups in total. The Balaban J connectivity index is 1.40. The van der Waals surface area contributed by atoms with Crippen molar-refractivity contribution in [2.75, 3.05) is 41.3 Å². The van der Waals surface area contributed by atoms with Crippen LogP contribution in [0.25, 0.3) is 10.9 Å². The largest absolute Gasteiger partial charge is 0.366 e. The molecule has 0 amide bonds. The lowest BCUT2D eigenvalue weighted by molar-refractivity contribution is 0.594. The summed E-state index contributed by atoms with van der Waals surface area (Å²) in [5, 5.41) is 4.59. The fourth-order valence-corrected chi connectivity index (χ4v) is 4.20. The first-order valence-corrected chi connectivity index (χ1v) is 11.0. The molecule has 3 aromatic carbocycles. The minimum absolute atomic E-state index is 0.111. The smallest absolute Gasteiger partial charge is 0.228 e. The normalized spacial score (nSPS) is 15.1. The van der Waals surface area contributed by atoms with E-state index in [0.717, 1.165) is 42.9 Å². The Kier molecular flexibility index (Phi) is 5.58. The average Bonchev–Trinajstić information content (AvgIpc) is 2.85. The van der Waals surface area contributed by atoms with E-state index < -0.39 is 0 Å². The van der Waals surface area contributed by atoms with Gasteiger partial charge in [0.1, 0.15) is 11.6 Å². The van der Waals surface area contributed by atoms with E-state index in [2.05, 4.69) is 40.2 Å². The summed E-state index contributed by atoms with van der Waals surface area (Å²) in [7, 11) is 0. The number of hydrogen-bond donors (Lipinski definition) is 1. The molecule has 0 aliphatic carbocycles. The molecule has 5 nitrogen and oxygen atoms in total. The minimum Gasteiger partial charge on any atom is -0.366 e. The van der Waals surface area contributed by atoms with E-state index in [9.17, 15) is 4.39 Å². The number of halogens is 1. The standard InChI is InChI=1S/C26H26FN5/c1-19(20-9-3-2-4-10-20)28-25-21-11-5-7-13-23(21)29-26(30-25)32-17-15-31(16-18-32)24-14-8-6-12-22(24)27/h2-14,19H,15-18H2,1H3,(H,28,29,30). The van der Waals surface area contributed by atoms with Gasteiger partial charge in [-0.2, -0.15) is 4.98 Å². The van der Waals surface area contributed by atoms with Crippen LogP contribution in [0.4, 0.5) is 21.8 Å². The lowest BCUT2D eigenvalue weighted by Crippen LogP contribution is -2.47. The molecule has 162 valence electrons. The summed E-state index contributed by atoms with van der Waals surface area (Å²) in [6.07, 6.45) is 0. The van der Waals surface area contributed by atoms with E-state index in [-0.39, 0.29) is 11.9 Å². The van der Waals surface area contributed by atoms with Gasteiger partial charge in [-0.25, -0.2) is 9.37 Å². The first kappa shape index (κ1) is 20.2. The summed E-state index contributed by atoms with van der Waals surface area (Å²) in [5.74, 6) is 1.36. The van der Waals surface area contributed by atoms with E-state index in [0.29, 0.717) is 11.6 Å². The van der Waals surface area contributed by atoms with E-state index in [1.54, 1.807) is 6.07 Å². The summed E-state index contributed by atoms with van der Waals surface area (Å²) in [4.78, 5) is 14.0. The number of para-hydroxylation sites is 2. The molecule has 4 aromatic rings. The molecular formula is C26H26FN5. The summed E-state index contributed by atoms with van der Waals surface area (Å²) >= 11 is 0. The van der Waals surface area contributed by atoms with E-state index in [1.165, 1.54) is 11.6 Å². The molecule has 1 fully saturated rings. The SMILES string of the molecule is CC(Nc1nc(N2CCN(c3ccccc3F)CC2)nc2ccccc12)c1ccccc1. The number of rotatable bonds is 5. The second kappa shape index (κ2) is 8.83. The Morgan fingerprint density at radius 1 is 0.781 bits per heavy atom. The summed E-state index contributed by atoms with van der Waals surface area (Å²) in [5.41, 5.74) is 2.78. The molecule has 0 radical (unpaired) electrons. The third-order valence-corrected chi connectivity index (χ3v) is 6.00. The van der Waals surface area contributed by atoms with Gasteiger partial charge in [0.15, 0.2) is 0 Å². The second-order valence-corrected chi connectivity index (χ2v) is 8.09. The Hall–Kier alpha value is -3.67. The van der Waals surface area contributed by atoms with Crippen LogP contribution in [0.5, 0.6) is 0 Å². The maximum atomic E-state index is 14.2. The van der Waals surface area contributed by atoms with Crippen LogP contribution < -0.4 is 15.1 Å². The van der Waals surface area contributed by atoms with Gasteiger partial charge in [0.25, 0.3) is 0 Å². The average molecular weight is 428 g/mol. The molecule has 32 heavy (non-hydrogen) atoms. The molecule has 6 heteroatoms. The Morgan fingerprint density at radius 3 is 2.22 bits per heavy atom. The number of nitrogens with one attached hydrogen (secondary N) is 1. The first-order chi connectivity index (χ1) is 15.7. The Bertz CT molecular complexity index is 1210. The third-order valence-electron chi connectivity index (χ3n) is 6.00. The van der Waals surface area contributed by atoms with Crippen molar-refractivity contribution in [3.63, 3.8) is 0 Å². The first-order valence-electron chi connectivity index (χ1n) is 11.0. The molecule has 1 unspecified atom stereocenters. The Labute approximate surface area is 187 Å². The maximum absolute atomic E-state index is 14.2. The molecule has 1 aliphatic heterocycles. The molecule has 1 saturated heterocycles. The van der Waals surface area contributed by atoms with Crippen LogP contribution >= 0.6 is 0 Å². The van der Waals surface area contributed by atoms with E-state index in [1.807, 2.05) is 48.5 Å². The fourth-order valence-electron chi connectivity index (χ4n) is 4.20. The summed E-state index contributed by atoms with van der Waals surface area (Å²) in [6, 6.07) is 25.5. The lowest BCUT2D eigenvalue weighted by atomic mass is 10.1. The van der Waals surface area contributed by atoms with Gasteiger partial charge in [0.05, 0.1) is 11.2 Å². The number of piperazine rings is 1. The van der Waals surface area contributed by atoms with Crippen molar-refractivity contribution in [1.29, 1.82) is 0 Å². The zero-order chi connectivity index (χ0) is 21.9. The second-order valence-electron chi connectivity index (χ2n) is 8.09. The van der Waals surface area contributed by atoms with Crippen molar-refractivity contribution in [1.82, 2.24) is 9.97 Å². The summed E-state index contributed by atoms with van der Waals surface area (Å²) < 4.78 is 14.2. The molecule has 0 saturated carbocycles. The molecule has 2 heterocycles. The van der Waals surface area contributed by atoms with Crippen LogP contribution in [0.2, 0.25) is 0 Å². The minimum atomic E-state index is -0.177. The van der Waals surface area contributed by atoms with E-state index >= 15 is 0 Å². The van der Waals surface area contributed by atoms with Crippen molar-refractivity contribution < 1.29 is 4.39 Å². The van der Waals surface area contributed by atoms with Gasteiger partial charge < -0.3 is 15.1 Å². The highest BCUT2D eigenvalue weighted by Gasteiger charge is 2.22. The molecule has 0 spiro atoms. The fraction of sp³-hybridized carbons (Fsp3) is 0.231. The van der Waals surface area contributed by atoms with Crippen LogP contribution in [0.3, 0.4) is 0 Å². The van der Waals surface area contributed by atoms with Gasteiger partial charge in [-0.05, 0) is 36.8 Å². The third kappa shape index (κ3) is 4.08. The van der Waals surface area contributed by atoms with Crippen molar-refractivity contribution in [3.8, 4) is 0 Å². The monoisotopic (exact) mass is 427 g/mol. The predicted octanol–water partition coefficient (Wildman–Crippen LogP) is 5.27. The zero-order valence-electron chi connectivity index (χ0n) is 18.1. The zero-order valence-corrected chi connectivity index (χ0v) is 18.1. The van der Waals surface area contributed by atoms with Gasteiger partial charge in [-0.1, -0.05) is 54.6 Å². The lowest BCUT2D eigenvalue weighted by Gasteiger charge is -2.36. The number of benzene rings is 3. The molecule has 1 aromatic heterocycles. The predicted molar refractivity (Wildman–Crippen MR) is 129 cm³/mol. The van der Waals surface area contributed by atoms with Crippen LogP contribution in [0, 0.1) is 5.82 Å². The van der Waals surface area contributed by atoms with Gasteiger partial charge >= 0.3 is 0 Å². The van der Waals surface area contributed by atoms with Crippen LogP contribution in [-0.4, -0.2) is 36.1 Å². The van der Waals surface area contributed by atoms with Crippen LogP contribution in [-0.2, 0) is 0 Å². The molecule has 1 aliphatic rings. The quantitative estimate of drug-likeness (QED) is 0.470. The van der Waals surface area contributed by atoms with Crippen molar-refractivity contribution in [2.24, 2.45) is 0 Å². The number of anilines is 3. The van der Waals surface area contributed by atoms with Gasteiger partial charge in [-0.15, -0.1) is 0 Å². The van der Waals surface area contributed by atoms with Gasteiger partial charge in [0.2, 0.25) is 5.95 Å². The highest BCUT2D eigenvalue weighted by molar-refractivity contribution is 5.90. The summed E-state index contributed by atoms with van der Waals surface area (Å²) in [6.45, 7) is 5.06. The number of aromatic nitrogens is 2. The van der Waals surface area contributed by atoms with Crippen molar-refractivity contribution >= 4 is 28.4 Å². The molecule has 1 atom stereocenters. The van der Waals surface area contributed by atoms with E-state index in [4.69, 9.17) is 9.97 Å². The number of fused-ring (bicyclic) bond motifs is 1. The van der Waals surface area contributed by atoms with Gasteiger partial charge in [0, 0.05) is 37.6 Å². The number of nitrogens with zero attached hydrogens (tertiary/aromatic N) is 4. The van der Waals surface area contributed by atoms with Crippen molar-refractivity contribution in [2.45, 2.75) is 13.0 Å². The highest BCUT2D eigenvalue weighted by atomic mass is 19.1. The van der Waals surface area contributed by atoms with Crippen LogP contribution in [0.1, 0.15) is 18.5 Å².